The zero-order chi connectivity index (χ0) is 17.5. The molecule has 0 fully saturated rings. The van der Waals surface area contributed by atoms with Gasteiger partial charge in [-0.2, -0.15) is 0 Å². The molecule has 3 nitrogen and oxygen atoms in total. The summed E-state index contributed by atoms with van der Waals surface area (Å²) in [6, 6.07) is 27.7. The molecule has 0 spiro atoms. The fourth-order valence-electron chi connectivity index (χ4n) is 2.88. The molecule has 25 heavy (non-hydrogen) atoms. The van der Waals surface area contributed by atoms with Crippen molar-refractivity contribution in [2.24, 2.45) is 0 Å². The van der Waals surface area contributed by atoms with Crippen LogP contribution in [0.15, 0.2) is 84.9 Å². The normalized spacial score (nSPS) is 11.6. The zero-order valence-electron chi connectivity index (χ0n) is 14.3. The maximum atomic E-state index is 12.5. The van der Waals surface area contributed by atoms with Gasteiger partial charge in [-0.15, -0.1) is 0 Å². The molecule has 0 heterocycles. The van der Waals surface area contributed by atoms with Crippen LogP contribution < -0.4 is 10.6 Å². The Morgan fingerprint density at radius 3 is 2.12 bits per heavy atom. The topological polar surface area (TPSA) is 41.1 Å². The number of nitrogens with one attached hydrogen (secondary N) is 2. The highest BCUT2D eigenvalue weighted by atomic mass is 16.2. The van der Waals surface area contributed by atoms with Crippen LogP contribution in [-0.2, 0) is 0 Å². The molecule has 1 unspecified atom stereocenters. The highest BCUT2D eigenvalue weighted by Gasteiger charge is 2.13. The first-order valence-corrected chi connectivity index (χ1v) is 8.55. The highest BCUT2D eigenvalue weighted by molar-refractivity contribution is 5.94. The van der Waals surface area contributed by atoms with Crippen LogP contribution in [0.1, 0.15) is 24.9 Å². The van der Waals surface area contributed by atoms with Gasteiger partial charge in [-0.25, -0.2) is 4.79 Å². The molecule has 3 aromatic rings. The second-order valence-electron chi connectivity index (χ2n) is 5.88. The number of carbonyl (C=O) groups is 1. The first kappa shape index (κ1) is 16.8. The Morgan fingerprint density at radius 2 is 1.44 bits per heavy atom. The lowest BCUT2D eigenvalue weighted by Gasteiger charge is -2.19. The molecular weight excluding hydrogens is 308 g/mol. The van der Waals surface area contributed by atoms with Crippen LogP contribution in [0, 0.1) is 0 Å². The van der Waals surface area contributed by atoms with Gasteiger partial charge in [0.1, 0.15) is 0 Å². The molecule has 0 aliphatic carbocycles. The van der Waals surface area contributed by atoms with E-state index in [0.717, 1.165) is 28.8 Å². The van der Waals surface area contributed by atoms with Crippen molar-refractivity contribution in [3.05, 3.63) is 90.5 Å². The van der Waals surface area contributed by atoms with E-state index >= 15 is 0 Å². The molecule has 0 aliphatic rings. The molecule has 0 aromatic heterocycles. The number of hydrogen-bond donors (Lipinski definition) is 2. The number of anilines is 1. The van der Waals surface area contributed by atoms with Crippen molar-refractivity contribution in [2.45, 2.75) is 19.4 Å². The molecule has 0 bridgehead atoms. The summed E-state index contributed by atoms with van der Waals surface area (Å²) in [5.41, 5.74) is 3.99. The van der Waals surface area contributed by atoms with Gasteiger partial charge >= 0.3 is 6.03 Å². The molecule has 126 valence electrons. The molecule has 0 saturated heterocycles. The number of urea groups is 1. The summed E-state index contributed by atoms with van der Waals surface area (Å²) in [5.74, 6) is 0. The number of rotatable bonds is 5. The summed E-state index contributed by atoms with van der Waals surface area (Å²) in [6.45, 7) is 2.07. The molecule has 3 heteroatoms. The van der Waals surface area contributed by atoms with Crippen LogP contribution >= 0.6 is 0 Å². The molecule has 3 rings (SSSR count). The van der Waals surface area contributed by atoms with Crippen molar-refractivity contribution < 1.29 is 4.79 Å². The summed E-state index contributed by atoms with van der Waals surface area (Å²) in [7, 11) is 0. The summed E-state index contributed by atoms with van der Waals surface area (Å²) in [5, 5.41) is 6.05. The Morgan fingerprint density at radius 1 is 0.840 bits per heavy atom. The van der Waals surface area contributed by atoms with E-state index in [0.29, 0.717) is 0 Å². The number of amides is 2. The Hall–Kier alpha value is -3.07. The third-order valence-corrected chi connectivity index (χ3v) is 4.18. The van der Waals surface area contributed by atoms with Gasteiger partial charge in [0.15, 0.2) is 0 Å². The zero-order valence-corrected chi connectivity index (χ0v) is 14.3. The third-order valence-electron chi connectivity index (χ3n) is 4.18. The second kappa shape index (κ2) is 8.15. The first-order chi connectivity index (χ1) is 12.3. The molecule has 0 radical (unpaired) electrons. The van der Waals surface area contributed by atoms with E-state index in [1.54, 1.807) is 0 Å². The standard InChI is InChI=1S/C22H22N2O/c1-2-20(18-13-7-4-8-14-18)23-22(25)24-21-16-10-9-15-19(21)17-11-5-3-6-12-17/h3-16,20H,2H2,1H3,(H2,23,24,25). The van der Waals surface area contributed by atoms with Crippen LogP contribution in [-0.4, -0.2) is 6.03 Å². The lowest BCUT2D eigenvalue weighted by Crippen LogP contribution is -2.32. The maximum absolute atomic E-state index is 12.5. The van der Waals surface area contributed by atoms with Crippen LogP contribution in [0.5, 0.6) is 0 Å². The summed E-state index contributed by atoms with van der Waals surface area (Å²) >= 11 is 0. The SMILES string of the molecule is CCC(NC(=O)Nc1ccccc1-c1ccccc1)c1ccccc1. The average Bonchev–Trinajstić information content (AvgIpc) is 2.68. The highest BCUT2D eigenvalue weighted by Crippen LogP contribution is 2.27. The number of carbonyl (C=O) groups excluding carboxylic acids is 1. The van der Waals surface area contributed by atoms with E-state index in [-0.39, 0.29) is 12.1 Å². The summed E-state index contributed by atoms with van der Waals surface area (Å²) in [4.78, 5) is 12.5. The molecular formula is C22H22N2O. The number of hydrogen-bond acceptors (Lipinski definition) is 1. The predicted octanol–water partition coefficient (Wildman–Crippen LogP) is 5.63. The molecule has 2 N–H and O–H groups in total. The van der Waals surface area contributed by atoms with Crippen molar-refractivity contribution >= 4 is 11.7 Å². The third kappa shape index (κ3) is 4.27. The average molecular weight is 330 g/mol. The van der Waals surface area contributed by atoms with E-state index in [9.17, 15) is 4.79 Å². The largest absolute Gasteiger partial charge is 0.331 e. The first-order valence-electron chi connectivity index (χ1n) is 8.55. The Balaban J connectivity index is 1.75. The molecule has 2 amide bonds. The van der Waals surface area contributed by atoms with Crippen molar-refractivity contribution in [3.8, 4) is 11.1 Å². The van der Waals surface area contributed by atoms with Crippen molar-refractivity contribution in [1.29, 1.82) is 0 Å². The van der Waals surface area contributed by atoms with Crippen molar-refractivity contribution in [3.63, 3.8) is 0 Å². The van der Waals surface area contributed by atoms with Gasteiger partial charge in [0.05, 0.1) is 11.7 Å². The number of para-hydroxylation sites is 1. The molecule has 3 aromatic carbocycles. The van der Waals surface area contributed by atoms with Gasteiger partial charge in [0.2, 0.25) is 0 Å². The predicted molar refractivity (Wildman–Crippen MR) is 104 cm³/mol. The summed E-state index contributed by atoms with van der Waals surface area (Å²) < 4.78 is 0. The number of benzene rings is 3. The Bertz CT molecular complexity index is 816. The van der Waals surface area contributed by atoms with Crippen LogP contribution in [0.3, 0.4) is 0 Å². The quantitative estimate of drug-likeness (QED) is 0.626. The van der Waals surface area contributed by atoms with E-state index in [1.165, 1.54) is 0 Å². The molecule has 0 aliphatic heterocycles. The minimum Gasteiger partial charge on any atom is -0.331 e. The molecule has 1 atom stereocenters. The van der Waals surface area contributed by atoms with Gasteiger partial charge < -0.3 is 10.6 Å². The van der Waals surface area contributed by atoms with Gasteiger partial charge in [-0.1, -0.05) is 85.8 Å². The van der Waals surface area contributed by atoms with Crippen molar-refractivity contribution in [1.82, 2.24) is 5.32 Å². The second-order valence-corrected chi connectivity index (χ2v) is 5.88. The van der Waals surface area contributed by atoms with E-state index in [1.807, 2.05) is 84.9 Å². The Labute approximate surface area is 148 Å². The van der Waals surface area contributed by atoms with Crippen LogP contribution in [0.4, 0.5) is 10.5 Å². The fraction of sp³-hybridized carbons (Fsp3) is 0.136. The van der Waals surface area contributed by atoms with E-state index < -0.39 is 0 Å². The van der Waals surface area contributed by atoms with Gasteiger partial charge in [0, 0.05) is 5.56 Å². The lowest BCUT2D eigenvalue weighted by atomic mass is 10.0. The maximum Gasteiger partial charge on any atom is 0.319 e. The fourth-order valence-corrected chi connectivity index (χ4v) is 2.88. The minimum atomic E-state index is -0.195. The smallest absolute Gasteiger partial charge is 0.319 e. The minimum absolute atomic E-state index is 0.00918. The van der Waals surface area contributed by atoms with Crippen molar-refractivity contribution in [2.75, 3.05) is 5.32 Å². The van der Waals surface area contributed by atoms with E-state index in [4.69, 9.17) is 0 Å². The van der Waals surface area contributed by atoms with Gasteiger partial charge in [0.25, 0.3) is 0 Å². The Kier molecular flexibility index (Phi) is 5.47. The monoisotopic (exact) mass is 330 g/mol. The van der Waals surface area contributed by atoms with Crippen LogP contribution in [0.25, 0.3) is 11.1 Å². The lowest BCUT2D eigenvalue weighted by molar-refractivity contribution is 0.248. The molecule has 0 saturated carbocycles. The van der Waals surface area contributed by atoms with Crippen LogP contribution in [0.2, 0.25) is 0 Å². The van der Waals surface area contributed by atoms with Gasteiger partial charge in [-0.3, -0.25) is 0 Å². The van der Waals surface area contributed by atoms with E-state index in [2.05, 4.69) is 17.6 Å². The van der Waals surface area contributed by atoms with Gasteiger partial charge in [-0.05, 0) is 23.6 Å². The summed E-state index contributed by atoms with van der Waals surface area (Å²) in [6.07, 6.45) is 0.831.